The van der Waals surface area contributed by atoms with E-state index in [9.17, 15) is 13.2 Å². The molecule has 0 radical (unpaired) electrons. The molecule has 1 atom stereocenters. The number of sulfonamides is 1. The molecular weight excluding hydrogens is 412 g/mol. The maximum atomic E-state index is 13.0. The summed E-state index contributed by atoms with van der Waals surface area (Å²) in [5.41, 5.74) is 1.83. The zero-order valence-electron chi connectivity index (χ0n) is 18.3. The lowest BCUT2D eigenvalue weighted by Gasteiger charge is -2.34. The fourth-order valence-electron chi connectivity index (χ4n) is 4.75. The van der Waals surface area contributed by atoms with Crippen LogP contribution < -0.4 is 5.32 Å². The van der Waals surface area contributed by atoms with Crippen molar-refractivity contribution >= 4 is 21.6 Å². The van der Waals surface area contributed by atoms with E-state index >= 15 is 0 Å². The molecule has 1 fully saturated rings. The van der Waals surface area contributed by atoms with Crippen LogP contribution in [0.5, 0.6) is 0 Å². The molecule has 1 aliphatic heterocycles. The van der Waals surface area contributed by atoms with Gasteiger partial charge in [-0.3, -0.25) is 9.69 Å². The number of amides is 1. The molecule has 1 N–H and O–H groups in total. The molecule has 2 heterocycles. The van der Waals surface area contributed by atoms with Gasteiger partial charge in [0.2, 0.25) is 15.9 Å². The van der Waals surface area contributed by atoms with Crippen LogP contribution in [0.3, 0.4) is 0 Å². The number of rotatable bonds is 6. The number of fused-ring (bicyclic) bond motifs is 1. The summed E-state index contributed by atoms with van der Waals surface area (Å²) >= 11 is 0. The molecular formula is C23H32N4O3S. The third kappa shape index (κ3) is 4.71. The number of carbonyl (C=O) groups excluding carboxylic acids is 1. The van der Waals surface area contributed by atoms with Gasteiger partial charge in [-0.15, -0.1) is 0 Å². The maximum absolute atomic E-state index is 13.0. The van der Waals surface area contributed by atoms with Gasteiger partial charge in [-0.05, 0) is 56.2 Å². The minimum absolute atomic E-state index is 0.0748. The molecule has 1 aromatic carbocycles. The van der Waals surface area contributed by atoms with Crippen molar-refractivity contribution in [2.75, 3.05) is 25.5 Å². The van der Waals surface area contributed by atoms with Crippen LogP contribution in [0.15, 0.2) is 47.5 Å². The fourth-order valence-corrected chi connectivity index (χ4v) is 6.16. The second-order valence-corrected chi connectivity index (χ2v) is 10.7. The van der Waals surface area contributed by atoms with Crippen molar-refractivity contribution in [3.63, 3.8) is 0 Å². The first kappa shape index (κ1) is 22.0. The van der Waals surface area contributed by atoms with Gasteiger partial charge in [0.1, 0.15) is 0 Å². The standard InChI is InChI=1S/C23H32N4O3S/c1-18-22-9-6-14-26(22)15-16-27(18)17-23(28)24-19-10-12-21(13-11-19)31(29,30)25(2)20-7-4-3-5-8-20/h6,9-14,18,20H,3-5,7-8,15-17H2,1-2H3,(H,24,28)/t18-/m0/s1. The van der Waals surface area contributed by atoms with Gasteiger partial charge in [0.25, 0.3) is 0 Å². The summed E-state index contributed by atoms with van der Waals surface area (Å²) in [4.78, 5) is 15.0. The smallest absolute Gasteiger partial charge is 0.243 e. The van der Waals surface area contributed by atoms with E-state index < -0.39 is 10.0 Å². The molecule has 168 valence electrons. The zero-order chi connectivity index (χ0) is 22.0. The number of nitrogens with zero attached hydrogens (tertiary/aromatic N) is 3. The summed E-state index contributed by atoms with van der Waals surface area (Å²) < 4.78 is 29.7. The third-order valence-corrected chi connectivity index (χ3v) is 8.64. The summed E-state index contributed by atoms with van der Waals surface area (Å²) in [6, 6.07) is 10.9. The Morgan fingerprint density at radius 3 is 2.52 bits per heavy atom. The number of carbonyl (C=O) groups is 1. The Labute approximate surface area is 185 Å². The van der Waals surface area contributed by atoms with E-state index in [0.29, 0.717) is 12.2 Å². The minimum atomic E-state index is -3.53. The van der Waals surface area contributed by atoms with Gasteiger partial charge in [-0.25, -0.2) is 8.42 Å². The lowest BCUT2D eigenvalue weighted by atomic mass is 9.96. The average Bonchev–Trinajstić information content (AvgIpc) is 3.26. The highest BCUT2D eigenvalue weighted by atomic mass is 32.2. The van der Waals surface area contributed by atoms with Gasteiger partial charge in [0, 0.05) is 49.8 Å². The molecule has 1 amide bonds. The Hall–Kier alpha value is -2.16. The summed E-state index contributed by atoms with van der Waals surface area (Å²) in [5.74, 6) is -0.0956. The molecule has 0 spiro atoms. The summed E-state index contributed by atoms with van der Waals surface area (Å²) in [5, 5.41) is 2.90. The lowest BCUT2D eigenvalue weighted by Crippen LogP contribution is -2.41. The Kier molecular flexibility index (Phi) is 6.50. The Morgan fingerprint density at radius 1 is 1.10 bits per heavy atom. The van der Waals surface area contributed by atoms with Crippen molar-refractivity contribution in [2.24, 2.45) is 0 Å². The molecule has 8 heteroatoms. The summed E-state index contributed by atoms with van der Waals surface area (Å²) in [7, 11) is -1.85. The number of benzene rings is 1. The highest BCUT2D eigenvalue weighted by Gasteiger charge is 2.29. The second-order valence-electron chi connectivity index (χ2n) is 8.66. The van der Waals surface area contributed by atoms with Crippen LogP contribution in [0, 0.1) is 0 Å². The highest BCUT2D eigenvalue weighted by Crippen LogP contribution is 2.27. The predicted octanol–water partition coefficient (Wildman–Crippen LogP) is 3.46. The molecule has 1 aromatic heterocycles. The summed E-state index contributed by atoms with van der Waals surface area (Å²) in [6.45, 7) is 4.11. The van der Waals surface area contributed by atoms with Crippen LogP contribution in [-0.4, -0.2) is 54.3 Å². The Balaban J connectivity index is 1.36. The van der Waals surface area contributed by atoms with Gasteiger partial charge in [-0.2, -0.15) is 4.31 Å². The molecule has 4 rings (SSSR count). The van der Waals surface area contributed by atoms with E-state index in [1.807, 2.05) is 6.07 Å². The van der Waals surface area contributed by atoms with Crippen LogP contribution in [0.25, 0.3) is 0 Å². The van der Waals surface area contributed by atoms with Crippen molar-refractivity contribution in [3.8, 4) is 0 Å². The number of nitrogens with one attached hydrogen (secondary N) is 1. The van der Waals surface area contributed by atoms with Crippen LogP contribution in [0.1, 0.15) is 50.8 Å². The largest absolute Gasteiger partial charge is 0.349 e. The van der Waals surface area contributed by atoms with E-state index in [-0.39, 0.29) is 22.9 Å². The molecule has 0 saturated heterocycles. The molecule has 2 aliphatic rings. The minimum Gasteiger partial charge on any atom is -0.349 e. The van der Waals surface area contributed by atoms with E-state index in [1.54, 1.807) is 31.3 Å². The van der Waals surface area contributed by atoms with Crippen molar-refractivity contribution in [2.45, 2.75) is 62.6 Å². The topological polar surface area (TPSA) is 74.6 Å². The molecule has 2 aromatic rings. The third-order valence-electron chi connectivity index (χ3n) is 6.72. The van der Waals surface area contributed by atoms with Gasteiger partial charge in [0.15, 0.2) is 0 Å². The molecule has 1 saturated carbocycles. The summed E-state index contributed by atoms with van der Waals surface area (Å²) in [6.07, 6.45) is 7.26. The van der Waals surface area contributed by atoms with Gasteiger partial charge in [0.05, 0.1) is 11.4 Å². The van der Waals surface area contributed by atoms with E-state index in [4.69, 9.17) is 0 Å². The predicted molar refractivity (Wildman–Crippen MR) is 121 cm³/mol. The first-order chi connectivity index (χ1) is 14.9. The number of anilines is 1. The molecule has 31 heavy (non-hydrogen) atoms. The fraction of sp³-hybridized carbons (Fsp3) is 0.522. The highest BCUT2D eigenvalue weighted by molar-refractivity contribution is 7.89. The second kappa shape index (κ2) is 9.14. The van der Waals surface area contributed by atoms with Crippen LogP contribution in [0.2, 0.25) is 0 Å². The van der Waals surface area contributed by atoms with Crippen molar-refractivity contribution < 1.29 is 13.2 Å². The average molecular weight is 445 g/mol. The van der Waals surface area contributed by atoms with E-state index in [1.165, 1.54) is 16.4 Å². The number of hydrogen-bond donors (Lipinski definition) is 1. The first-order valence-electron chi connectivity index (χ1n) is 11.1. The lowest BCUT2D eigenvalue weighted by molar-refractivity contribution is -0.118. The molecule has 7 nitrogen and oxygen atoms in total. The molecule has 0 unspecified atom stereocenters. The van der Waals surface area contributed by atoms with E-state index in [0.717, 1.165) is 38.8 Å². The van der Waals surface area contributed by atoms with Crippen molar-refractivity contribution in [3.05, 3.63) is 48.3 Å². The number of aromatic nitrogens is 1. The number of hydrogen-bond acceptors (Lipinski definition) is 4. The molecule has 1 aliphatic carbocycles. The quantitative estimate of drug-likeness (QED) is 0.741. The molecule has 0 bridgehead atoms. The maximum Gasteiger partial charge on any atom is 0.243 e. The first-order valence-corrected chi connectivity index (χ1v) is 12.6. The van der Waals surface area contributed by atoms with E-state index in [2.05, 4.69) is 34.0 Å². The SMILES string of the molecule is C[C@H]1c2cccn2CCN1CC(=O)Nc1ccc(S(=O)(=O)N(C)C2CCCCC2)cc1. The van der Waals surface area contributed by atoms with Crippen molar-refractivity contribution in [1.82, 2.24) is 13.8 Å². The van der Waals surface area contributed by atoms with Crippen molar-refractivity contribution in [1.29, 1.82) is 0 Å². The van der Waals surface area contributed by atoms with Crippen LogP contribution in [-0.2, 0) is 21.4 Å². The normalized spacial score (nSPS) is 20.5. The Morgan fingerprint density at radius 2 is 1.81 bits per heavy atom. The monoisotopic (exact) mass is 444 g/mol. The Bertz CT molecular complexity index is 1010. The van der Waals surface area contributed by atoms with Crippen LogP contribution >= 0.6 is 0 Å². The van der Waals surface area contributed by atoms with Gasteiger partial charge < -0.3 is 9.88 Å². The van der Waals surface area contributed by atoms with Crippen LogP contribution in [0.4, 0.5) is 5.69 Å². The zero-order valence-corrected chi connectivity index (χ0v) is 19.1. The van der Waals surface area contributed by atoms with Gasteiger partial charge in [-0.1, -0.05) is 19.3 Å². The van der Waals surface area contributed by atoms with Gasteiger partial charge >= 0.3 is 0 Å².